The second-order valence-electron chi connectivity index (χ2n) is 7.64. The molecule has 1 aliphatic heterocycles. The molecule has 0 amide bonds. The lowest BCUT2D eigenvalue weighted by atomic mass is 10.1. The molecule has 3 aromatic rings. The van der Waals surface area contributed by atoms with E-state index in [-0.39, 0.29) is 5.82 Å². The maximum Gasteiger partial charge on any atom is 0.174 e. The second-order valence-corrected chi connectivity index (χ2v) is 8.03. The number of rotatable bonds is 5. The number of nitrogens with zero attached hydrogens (tertiary/aromatic N) is 4. The van der Waals surface area contributed by atoms with E-state index in [2.05, 4.69) is 45.3 Å². The normalized spacial score (nSPS) is 14.7. The predicted octanol–water partition coefficient (Wildman–Crippen LogP) is 3.89. The van der Waals surface area contributed by atoms with Crippen molar-refractivity contribution in [2.75, 3.05) is 31.5 Å². The highest BCUT2D eigenvalue weighted by atomic mass is 32.1. The molecule has 0 radical (unpaired) electrons. The van der Waals surface area contributed by atoms with Gasteiger partial charge in [0.15, 0.2) is 10.9 Å². The minimum absolute atomic E-state index is 0.193. The number of thiocarbonyl (C=S) groups is 1. The van der Waals surface area contributed by atoms with Crippen molar-refractivity contribution >= 4 is 23.1 Å². The van der Waals surface area contributed by atoms with E-state index in [1.807, 2.05) is 35.1 Å². The average Bonchev–Trinajstić information content (AvgIpc) is 3.19. The van der Waals surface area contributed by atoms with Gasteiger partial charge in [-0.05, 0) is 48.0 Å². The number of halogens is 1. The van der Waals surface area contributed by atoms with Crippen LogP contribution in [0.5, 0.6) is 0 Å². The van der Waals surface area contributed by atoms with Crippen LogP contribution in [-0.2, 0) is 13.1 Å². The third kappa shape index (κ3) is 5.23. The molecule has 2 heterocycles. The summed E-state index contributed by atoms with van der Waals surface area (Å²) in [6.07, 6.45) is 1.97. The van der Waals surface area contributed by atoms with E-state index in [0.29, 0.717) is 5.11 Å². The number of hydrogen-bond acceptors (Lipinski definition) is 3. The molecule has 1 N–H and O–H groups in total. The van der Waals surface area contributed by atoms with E-state index in [4.69, 9.17) is 12.2 Å². The van der Waals surface area contributed by atoms with Crippen molar-refractivity contribution in [1.29, 1.82) is 0 Å². The van der Waals surface area contributed by atoms with Crippen LogP contribution in [0.25, 0.3) is 0 Å². The Hall–Kier alpha value is -2.77. The average molecular weight is 424 g/mol. The summed E-state index contributed by atoms with van der Waals surface area (Å²) >= 11 is 5.60. The maximum absolute atomic E-state index is 13.1. The first-order valence-electron chi connectivity index (χ1n) is 10.2. The van der Waals surface area contributed by atoms with Crippen molar-refractivity contribution in [2.45, 2.75) is 20.0 Å². The number of hydrogen-bond donors (Lipinski definition) is 1. The molecule has 0 spiro atoms. The van der Waals surface area contributed by atoms with Crippen LogP contribution in [0.4, 0.5) is 10.2 Å². The Morgan fingerprint density at radius 2 is 1.73 bits per heavy atom. The van der Waals surface area contributed by atoms with E-state index < -0.39 is 0 Å². The van der Waals surface area contributed by atoms with Crippen molar-refractivity contribution in [3.8, 4) is 0 Å². The van der Waals surface area contributed by atoms with Crippen LogP contribution in [0.1, 0.15) is 16.7 Å². The zero-order chi connectivity index (χ0) is 20.9. The van der Waals surface area contributed by atoms with E-state index in [0.717, 1.165) is 50.6 Å². The standard InChI is InChI=1S/C23H26FN5S/c1-18-4-2-3-5-20(18)17-29-11-10-22(26-29)25-23(30)28-14-12-27(13-15-28)16-19-6-8-21(24)9-7-19/h2-11H,12-17H2,1H3,(H,25,26,30). The first-order chi connectivity index (χ1) is 14.6. The van der Waals surface area contributed by atoms with Crippen molar-refractivity contribution in [3.05, 3.63) is 83.3 Å². The Kier molecular flexibility index (Phi) is 6.40. The predicted molar refractivity (Wildman–Crippen MR) is 122 cm³/mol. The van der Waals surface area contributed by atoms with Crippen LogP contribution in [0.3, 0.4) is 0 Å². The van der Waals surface area contributed by atoms with Gasteiger partial charge in [0.05, 0.1) is 6.54 Å². The molecule has 156 valence electrons. The zero-order valence-electron chi connectivity index (χ0n) is 17.1. The number of piperazine rings is 1. The van der Waals surface area contributed by atoms with E-state index >= 15 is 0 Å². The van der Waals surface area contributed by atoms with Gasteiger partial charge in [0.1, 0.15) is 5.82 Å². The topological polar surface area (TPSA) is 36.3 Å². The molecule has 1 aliphatic rings. The van der Waals surface area contributed by atoms with Gasteiger partial charge in [0.25, 0.3) is 0 Å². The molecule has 5 nitrogen and oxygen atoms in total. The van der Waals surface area contributed by atoms with E-state index in [1.54, 1.807) is 0 Å². The largest absolute Gasteiger partial charge is 0.346 e. The number of nitrogens with one attached hydrogen (secondary N) is 1. The monoisotopic (exact) mass is 423 g/mol. The zero-order valence-corrected chi connectivity index (χ0v) is 17.9. The molecule has 2 aromatic carbocycles. The van der Waals surface area contributed by atoms with Gasteiger partial charge in [-0.25, -0.2) is 4.39 Å². The molecule has 0 unspecified atom stereocenters. The molecule has 7 heteroatoms. The fourth-order valence-electron chi connectivity index (χ4n) is 3.62. The minimum atomic E-state index is -0.193. The molecule has 0 saturated carbocycles. The fraction of sp³-hybridized carbons (Fsp3) is 0.304. The SMILES string of the molecule is Cc1ccccc1Cn1ccc(NC(=S)N2CCN(Cc3ccc(F)cc3)CC2)n1. The van der Waals surface area contributed by atoms with Crippen LogP contribution >= 0.6 is 12.2 Å². The molecule has 0 aliphatic carbocycles. The smallest absolute Gasteiger partial charge is 0.174 e. The van der Waals surface area contributed by atoms with Gasteiger partial charge in [0.2, 0.25) is 0 Å². The van der Waals surface area contributed by atoms with E-state index in [9.17, 15) is 4.39 Å². The van der Waals surface area contributed by atoms with Gasteiger partial charge in [0, 0.05) is 45.0 Å². The Bertz CT molecular complexity index is 993. The Balaban J connectivity index is 1.26. The summed E-state index contributed by atoms with van der Waals surface area (Å²) < 4.78 is 15.0. The highest BCUT2D eigenvalue weighted by Crippen LogP contribution is 2.13. The molecule has 30 heavy (non-hydrogen) atoms. The summed E-state index contributed by atoms with van der Waals surface area (Å²) in [6.45, 7) is 7.24. The van der Waals surface area contributed by atoms with Crippen LogP contribution in [0, 0.1) is 12.7 Å². The number of anilines is 1. The summed E-state index contributed by atoms with van der Waals surface area (Å²) in [7, 11) is 0. The summed E-state index contributed by atoms with van der Waals surface area (Å²) in [6, 6.07) is 17.0. The first-order valence-corrected chi connectivity index (χ1v) is 10.6. The number of benzene rings is 2. The van der Waals surface area contributed by atoms with Crippen LogP contribution in [0.2, 0.25) is 0 Å². The van der Waals surface area contributed by atoms with Crippen molar-refractivity contribution in [2.24, 2.45) is 0 Å². The lowest BCUT2D eigenvalue weighted by Gasteiger charge is -2.36. The van der Waals surface area contributed by atoms with Gasteiger partial charge < -0.3 is 10.2 Å². The van der Waals surface area contributed by atoms with Gasteiger partial charge >= 0.3 is 0 Å². The van der Waals surface area contributed by atoms with E-state index in [1.165, 1.54) is 23.3 Å². The highest BCUT2D eigenvalue weighted by molar-refractivity contribution is 7.80. The van der Waals surface area contributed by atoms with Gasteiger partial charge in [-0.2, -0.15) is 5.10 Å². The minimum Gasteiger partial charge on any atom is -0.346 e. The quantitative estimate of drug-likeness (QED) is 0.630. The lowest BCUT2D eigenvalue weighted by molar-refractivity contribution is 0.177. The van der Waals surface area contributed by atoms with Crippen LogP contribution < -0.4 is 5.32 Å². The van der Waals surface area contributed by atoms with Crippen molar-refractivity contribution in [3.63, 3.8) is 0 Å². The third-order valence-corrected chi connectivity index (χ3v) is 5.81. The first kappa shape index (κ1) is 20.5. The molecule has 0 atom stereocenters. The summed E-state index contributed by atoms with van der Waals surface area (Å²) in [5.41, 5.74) is 3.65. The molecular formula is C23H26FN5S. The van der Waals surface area contributed by atoms with Crippen molar-refractivity contribution in [1.82, 2.24) is 19.6 Å². The highest BCUT2D eigenvalue weighted by Gasteiger charge is 2.19. The molecule has 0 bridgehead atoms. The second kappa shape index (κ2) is 9.36. The molecule has 1 aromatic heterocycles. The molecule has 1 fully saturated rings. The van der Waals surface area contributed by atoms with Gasteiger partial charge in [-0.3, -0.25) is 9.58 Å². The maximum atomic E-state index is 13.1. The van der Waals surface area contributed by atoms with Gasteiger partial charge in [-0.1, -0.05) is 36.4 Å². The number of aromatic nitrogens is 2. The fourth-order valence-corrected chi connectivity index (χ4v) is 3.91. The molecule has 4 rings (SSSR count). The summed E-state index contributed by atoms with van der Waals surface area (Å²) in [4.78, 5) is 4.54. The van der Waals surface area contributed by atoms with Gasteiger partial charge in [-0.15, -0.1) is 0 Å². The third-order valence-electron chi connectivity index (χ3n) is 5.45. The Labute approximate surface area is 182 Å². The lowest BCUT2D eigenvalue weighted by Crippen LogP contribution is -2.49. The summed E-state index contributed by atoms with van der Waals surface area (Å²) in [5, 5.41) is 8.58. The van der Waals surface area contributed by atoms with Crippen molar-refractivity contribution < 1.29 is 4.39 Å². The van der Waals surface area contributed by atoms with Crippen LogP contribution in [0.15, 0.2) is 60.8 Å². The molecular weight excluding hydrogens is 397 g/mol. The Morgan fingerprint density at radius 1 is 1.00 bits per heavy atom. The Morgan fingerprint density at radius 3 is 2.47 bits per heavy atom. The number of aryl methyl sites for hydroxylation is 1. The van der Waals surface area contributed by atoms with Crippen LogP contribution in [-0.4, -0.2) is 50.9 Å². The molecule has 1 saturated heterocycles. The summed E-state index contributed by atoms with van der Waals surface area (Å²) in [5.74, 6) is 0.573.